The minimum absolute atomic E-state index is 0.222. The molecule has 0 bridgehead atoms. The van der Waals surface area contributed by atoms with Gasteiger partial charge in [0.2, 0.25) is 10.0 Å². The van der Waals surface area contributed by atoms with Crippen molar-refractivity contribution in [2.75, 3.05) is 38.2 Å². The van der Waals surface area contributed by atoms with E-state index in [0.29, 0.717) is 38.0 Å². The molecule has 0 unspecified atom stereocenters. The molecule has 1 fully saturated rings. The Morgan fingerprint density at radius 3 is 2.41 bits per heavy atom. The number of morpholine rings is 1. The van der Waals surface area contributed by atoms with E-state index < -0.39 is 10.0 Å². The van der Waals surface area contributed by atoms with Crippen LogP contribution in [-0.2, 0) is 21.2 Å². The van der Waals surface area contributed by atoms with Gasteiger partial charge in [-0.1, -0.05) is 38.1 Å². The maximum Gasteiger partial charge on any atom is 0.244 e. The van der Waals surface area contributed by atoms with Crippen molar-refractivity contribution < 1.29 is 13.2 Å². The first-order valence-corrected chi connectivity index (χ1v) is 10.8. The fraction of sp³-hybridized carbons (Fsp3) is 0.450. The molecule has 0 aliphatic carbocycles. The monoisotopic (exact) mass is 389 g/mol. The molecular weight excluding hydrogens is 362 g/mol. The maximum atomic E-state index is 12.6. The first-order valence-electron chi connectivity index (χ1n) is 9.33. The number of benzene rings is 1. The van der Waals surface area contributed by atoms with Crippen LogP contribution in [0.4, 0.5) is 5.82 Å². The molecule has 7 heteroatoms. The molecule has 1 aromatic heterocycles. The molecule has 0 amide bonds. The molecule has 27 heavy (non-hydrogen) atoms. The van der Waals surface area contributed by atoms with E-state index >= 15 is 0 Å². The van der Waals surface area contributed by atoms with Crippen LogP contribution in [0.15, 0.2) is 47.5 Å². The normalized spacial score (nSPS) is 15.8. The smallest absolute Gasteiger partial charge is 0.244 e. The van der Waals surface area contributed by atoms with Gasteiger partial charge in [-0.15, -0.1) is 0 Å². The van der Waals surface area contributed by atoms with Gasteiger partial charge in [-0.25, -0.2) is 13.4 Å². The summed E-state index contributed by atoms with van der Waals surface area (Å²) in [5, 5.41) is 3.25. The number of nitrogens with zero attached hydrogens (tertiary/aromatic N) is 2. The third-order valence-corrected chi connectivity index (χ3v) is 6.59. The minimum Gasteiger partial charge on any atom is -0.379 e. The molecule has 1 N–H and O–H groups in total. The summed E-state index contributed by atoms with van der Waals surface area (Å²) in [5.74, 6) is 1.21. The van der Waals surface area contributed by atoms with Crippen molar-refractivity contribution in [1.82, 2.24) is 9.29 Å². The number of anilines is 1. The van der Waals surface area contributed by atoms with E-state index in [2.05, 4.69) is 48.4 Å². The average Bonchev–Trinajstić information content (AvgIpc) is 2.69. The second-order valence-corrected chi connectivity index (χ2v) is 8.91. The van der Waals surface area contributed by atoms with Gasteiger partial charge in [0.05, 0.1) is 13.2 Å². The van der Waals surface area contributed by atoms with E-state index in [0.717, 1.165) is 13.0 Å². The Hall–Kier alpha value is -1.96. The summed E-state index contributed by atoms with van der Waals surface area (Å²) < 4.78 is 31.8. The third kappa shape index (κ3) is 5.06. The Balaban J connectivity index is 1.54. The van der Waals surface area contributed by atoms with Gasteiger partial charge in [0.25, 0.3) is 0 Å². The molecule has 6 nitrogen and oxygen atoms in total. The number of pyridine rings is 1. The molecule has 1 aromatic carbocycles. The molecule has 0 radical (unpaired) electrons. The highest BCUT2D eigenvalue weighted by atomic mass is 32.2. The summed E-state index contributed by atoms with van der Waals surface area (Å²) in [4.78, 5) is 4.48. The van der Waals surface area contributed by atoms with Crippen LogP contribution >= 0.6 is 0 Å². The third-order valence-electron chi connectivity index (χ3n) is 4.71. The first kappa shape index (κ1) is 19.8. The van der Waals surface area contributed by atoms with Crippen molar-refractivity contribution >= 4 is 15.8 Å². The van der Waals surface area contributed by atoms with Crippen LogP contribution in [0.25, 0.3) is 0 Å². The summed E-state index contributed by atoms with van der Waals surface area (Å²) in [6.45, 7) is 6.75. The molecule has 1 aliphatic rings. The van der Waals surface area contributed by atoms with E-state index in [1.807, 2.05) is 0 Å². The van der Waals surface area contributed by atoms with E-state index in [-0.39, 0.29) is 4.90 Å². The zero-order valence-electron chi connectivity index (χ0n) is 15.9. The lowest BCUT2D eigenvalue weighted by Gasteiger charge is -2.25. The Labute approximate surface area is 161 Å². The standard InChI is InChI=1S/C20H27N3O3S/c1-16(2)18-5-3-17(4-6-18)9-10-21-20-8-7-19(15-22-20)27(24,25)23-11-13-26-14-12-23/h3-8,15-16H,9-14H2,1-2H3,(H,21,22). The fourth-order valence-electron chi connectivity index (χ4n) is 2.98. The zero-order chi connectivity index (χ0) is 19.3. The first-order chi connectivity index (χ1) is 13.0. The molecule has 2 aromatic rings. The molecule has 0 saturated carbocycles. The summed E-state index contributed by atoms with van der Waals surface area (Å²) in [7, 11) is -3.49. The van der Waals surface area contributed by atoms with Crippen LogP contribution in [0.3, 0.4) is 0 Å². The minimum atomic E-state index is -3.49. The molecule has 0 atom stereocenters. The van der Waals surface area contributed by atoms with Gasteiger partial charge in [-0.3, -0.25) is 0 Å². The Morgan fingerprint density at radius 2 is 1.81 bits per heavy atom. The van der Waals surface area contributed by atoms with Crippen LogP contribution in [0, 0.1) is 0 Å². The number of aromatic nitrogens is 1. The zero-order valence-corrected chi connectivity index (χ0v) is 16.7. The number of nitrogens with one attached hydrogen (secondary N) is 1. The fourth-order valence-corrected chi connectivity index (χ4v) is 4.33. The molecule has 3 rings (SSSR count). The summed E-state index contributed by atoms with van der Waals surface area (Å²) in [6.07, 6.45) is 2.30. The topological polar surface area (TPSA) is 71.5 Å². The SMILES string of the molecule is CC(C)c1ccc(CCNc2ccc(S(=O)(=O)N3CCOCC3)cn2)cc1. The Kier molecular flexibility index (Phi) is 6.46. The number of ether oxygens (including phenoxy) is 1. The van der Waals surface area contributed by atoms with E-state index in [1.54, 1.807) is 12.1 Å². The van der Waals surface area contributed by atoms with Crippen molar-refractivity contribution in [1.29, 1.82) is 0 Å². The van der Waals surface area contributed by atoms with Crippen LogP contribution in [0.2, 0.25) is 0 Å². The van der Waals surface area contributed by atoms with Crippen LogP contribution < -0.4 is 5.32 Å². The van der Waals surface area contributed by atoms with Crippen LogP contribution in [-0.4, -0.2) is 50.6 Å². The largest absolute Gasteiger partial charge is 0.379 e. The number of rotatable bonds is 7. The van der Waals surface area contributed by atoms with Gasteiger partial charge < -0.3 is 10.1 Å². The Morgan fingerprint density at radius 1 is 1.11 bits per heavy atom. The highest BCUT2D eigenvalue weighted by Gasteiger charge is 2.26. The number of hydrogen-bond donors (Lipinski definition) is 1. The van der Waals surface area contributed by atoms with Gasteiger partial charge in [0.1, 0.15) is 10.7 Å². The second-order valence-electron chi connectivity index (χ2n) is 6.97. The predicted octanol–water partition coefficient (Wildman–Crippen LogP) is 2.88. The molecule has 146 valence electrons. The number of sulfonamides is 1. The van der Waals surface area contributed by atoms with Gasteiger partial charge >= 0.3 is 0 Å². The highest BCUT2D eigenvalue weighted by molar-refractivity contribution is 7.89. The molecule has 2 heterocycles. The van der Waals surface area contributed by atoms with Crippen molar-refractivity contribution in [2.24, 2.45) is 0 Å². The van der Waals surface area contributed by atoms with Gasteiger partial charge in [-0.2, -0.15) is 4.31 Å². The molecule has 1 saturated heterocycles. The van der Waals surface area contributed by atoms with Gasteiger partial charge in [-0.05, 0) is 35.6 Å². The lowest BCUT2D eigenvalue weighted by Crippen LogP contribution is -2.40. The van der Waals surface area contributed by atoms with Gasteiger partial charge in [0.15, 0.2) is 0 Å². The molecular formula is C20H27N3O3S. The van der Waals surface area contributed by atoms with Gasteiger partial charge in [0, 0.05) is 25.8 Å². The van der Waals surface area contributed by atoms with E-state index in [9.17, 15) is 8.42 Å². The highest BCUT2D eigenvalue weighted by Crippen LogP contribution is 2.18. The number of hydrogen-bond acceptors (Lipinski definition) is 5. The summed E-state index contributed by atoms with van der Waals surface area (Å²) >= 11 is 0. The van der Waals surface area contributed by atoms with Crippen molar-refractivity contribution in [3.63, 3.8) is 0 Å². The summed E-state index contributed by atoms with van der Waals surface area (Å²) in [5.41, 5.74) is 2.60. The average molecular weight is 390 g/mol. The lowest BCUT2D eigenvalue weighted by molar-refractivity contribution is 0.0730. The molecule has 1 aliphatic heterocycles. The van der Waals surface area contributed by atoms with Crippen molar-refractivity contribution in [3.05, 3.63) is 53.7 Å². The van der Waals surface area contributed by atoms with Crippen LogP contribution in [0.5, 0.6) is 0 Å². The maximum absolute atomic E-state index is 12.6. The van der Waals surface area contributed by atoms with Crippen LogP contribution in [0.1, 0.15) is 30.9 Å². The second kappa shape index (κ2) is 8.82. The van der Waals surface area contributed by atoms with E-state index in [4.69, 9.17) is 4.74 Å². The quantitative estimate of drug-likeness (QED) is 0.788. The molecule has 0 spiro atoms. The Bertz CT molecular complexity index is 828. The van der Waals surface area contributed by atoms with Crippen molar-refractivity contribution in [2.45, 2.75) is 31.1 Å². The lowest BCUT2D eigenvalue weighted by atomic mass is 10.0. The summed E-state index contributed by atoms with van der Waals surface area (Å²) in [6, 6.07) is 12.0. The van der Waals surface area contributed by atoms with Crippen molar-refractivity contribution in [3.8, 4) is 0 Å². The van der Waals surface area contributed by atoms with E-state index in [1.165, 1.54) is 21.6 Å². The predicted molar refractivity (Wildman–Crippen MR) is 107 cm³/mol.